The van der Waals surface area contributed by atoms with E-state index in [0.717, 1.165) is 5.56 Å². The van der Waals surface area contributed by atoms with E-state index in [9.17, 15) is 0 Å². The summed E-state index contributed by atoms with van der Waals surface area (Å²) in [4.78, 5) is 3.96. The zero-order valence-electron chi connectivity index (χ0n) is 7.16. The van der Waals surface area contributed by atoms with Gasteiger partial charge in [-0.05, 0) is 18.3 Å². The molecular formula is C8H7N5S. The molecule has 1 N–H and O–H groups in total. The summed E-state index contributed by atoms with van der Waals surface area (Å²) in [7, 11) is 0. The van der Waals surface area contributed by atoms with Crippen molar-refractivity contribution in [3.63, 3.8) is 0 Å². The van der Waals surface area contributed by atoms with Crippen molar-refractivity contribution in [1.82, 2.24) is 19.9 Å². The topological polar surface area (TPSA) is 58.9 Å². The fourth-order valence-corrected chi connectivity index (χ4v) is 1.05. The molecule has 2 aromatic rings. The van der Waals surface area contributed by atoms with Crippen LogP contribution in [0, 0.1) is 4.77 Å². The third-order valence-corrected chi connectivity index (χ3v) is 1.83. The lowest BCUT2D eigenvalue weighted by Crippen LogP contribution is -1.89. The Kier molecular flexibility index (Phi) is 2.46. The van der Waals surface area contributed by atoms with Crippen molar-refractivity contribution in [3.05, 3.63) is 41.2 Å². The largest absolute Gasteiger partial charge is 0.264 e. The lowest BCUT2D eigenvalue weighted by molar-refractivity contribution is 0.862. The third kappa shape index (κ3) is 1.91. The van der Waals surface area contributed by atoms with Crippen LogP contribution in [-0.2, 0) is 0 Å². The molecule has 0 radical (unpaired) electrons. The minimum absolute atomic E-state index is 0.463. The fraction of sp³-hybridized carbons (Fsp3) is 0. The van der Waals surface area contributed by atoms with Crippen LogP contribution in [-0.4, -0.2) is 26.1 Å². The van der Waals surface area contributed by atoms with Gasteiger partial charge in [-0.15, -0.1) is 0 Å². The van der Waals surface area contributed by atoms with E-state index in [1.807, 2.05) is 12.1 Å². The summed E-state index contributed by atoms with van der Waals surface area (Å²) in [5.41, 5.74) is 0.913. The van der Waals surface area contributed by atoms with Gasteiger partial charge in [0.05, 0.1) is 6.21 Å². The minimum atomic E-state index is 0.463. The molecule has 2 rings (SSSR count). The molecule has 2 heterocycles. The van der Waals surface area contributed by atoms with Gasteiger partial charge in [0.2, 0.25) is 4.77 Å². The van der Waals surface area contributed by atoms with E-state index in [-0.39, 0.29) is 0 Å². The van der Waals surface area contributed by atoms with Gasteiger partial charge in [0.25, 0.3) is 0 Å². The number of nitrogens with one attached hydrogen (secondary N) is 1. The Hall–Kier alpha value is -1.82. The molecule has 0 fully saturated rings. The molecule has 0 aliphatic carbocycles. The van der Waals surface area contributed by atoms with Crippen LogP contribution >= 0.6 is 12.2 Å². The van der Waals surface area contributed by atoms with Crippen molar-refractivity contribution in [2.24, 2.45) is 5.10 Å². The molecule has 14 heavy (non-hydrogen) atoms. The second kappa shape index (κ2) is 3.93. The Balaban J connectivity index is 2.24. The molecule has 0 aliphatic rings. The molecule has 5 nitrogen and oxygen atoms in total. The highest BCUT2D eigenvalue weighted by Gasteiger charge is 1.88. The van der Waals surface area contributed by atoms with E-state index in [2.05, 4.69) is 20.3 Å². The summed E-state index contributed by atoms with van der Waals surface area (Å²) in [5.74, 6) is 0. The number of nitrogens with zero attached hydrogens (tertiary/aromatic N) is 4. The van der Waals surface area contributed by atoms with Crippen molar-refractivity contribution in [3.8, 4) is 0 Å². The molecule has 0 bridgehead atoms. The molecule has 0 unspecified atom stereocenters. The Bertz CT molecular complexity index is 484. The van der Waals surface area contributed by atoms with Gasteiger partial charge in [0.15, 0.2) is 0 Å². The standard InChI is InChI=1S/C8H7N5S/c14-8-12-10-6-13(8)11-5-7-2-1-3-9-4-7/h1-6H,(H,12,14). The van der Waals surface area contributed by atoms with Gasteiger partial charge in [-0.1, -0.05) is 6.07 Å². The number of pyridine rings is 1. The second-order valence-corrected chi connectivity index (χ2v) is 2.92. The molecule has 0 saturated carbocycles. The quantitative estimate of drug-likeness (QED) is 0.592. The fourth-order valence-electron chi connectivity index (χ4n) is 0.906. The molecule has 0 atom stereocenters. The summed E-state index contributed by atoms with van der Waals surface area (Å²) in [6.45, 7) is 0. The maximum absolute atomic E-state index is 4.92. The predicted molar refractivity (Wildman–Crippen MR) is 54.6 cm³/mol. The van der Waals surface area contributed by atoms with Crippen LogP contribution in [0.4, 0.5) is 0 Å². The average Bonchev–Trinajstić information content (AvgIpc) is 2.63. The predicted octanol–water partition coefficient (Wildman–Crippen LogP) is 1.22. The van der Waals surface area contributed by atoms with Crippen molar-refractivity contribution < 1.29 is 0 Å². The first-order valence-electron chi connectivity index (χ1n) is 3.93. The van der Waals surface area contributed by atoms with E-state index in [1.165, 1.54) is 11.0 Å². The van der Waals surface area contributed by atoms with Crippen molar-refractivity contribution in [2.75, 3.05) is 0 Å². The molecule has 0 spiro atoms. The van der Waals surface area contributed by atoms with Crippen molar-refractivity contribution in [2.45, 2.75) is 0 Å². The molecule has 2 aromatic heterocycles. The Morgan fingerprint density at radius 2 is 2.50 bits per heavy atom. The van der Waals surface area contributed by atoms with Crippen LogP contribution in [0.1, 0.15) is 5.56 Å². The number of rotatable bonds is 2. The molecule has 70 valence electrons. The van der Waals surface area contributed by atoms with Gasteiger partial charge in [-0.2, -0.15) is 14.9 Å². The molecule has 6 heteroatoms. The molecule has 0 aromatic carbocycles. The van der Waals surface area contributed by atoms with Crippen LogP contribution in [0.15, 0.2) is 36.0 Å². The summed E-state index contributed by atoms with van der Waals surface area (Å²) in [5, 5.41) is 10.4. The molecule has 0 amide bonds. The van der Waals surface area contributed by atoms with E-state index >= 15 is 0 Å². The number of H-pyrrole nitrogens is 1. The first-order chi connectivity index (χ1) is 6.86. The molecule has 0 aliphatic heterocycles. The van der Waals surface area contributed by atoms with E-state index in [1.54, 1.807) is 18.6 Å². The molecular weight excluding hydrogens is 198 g/mol. The smallest absolute Gasteiger partial charge is 0.216 e. The zero-order chi connectivity index (χ0) is 9.80. The number of aromatic nitrogens is 4. The highest BCUT2D eigenvalue weighted by Crippen LogP contribution is 1.92. The van der Waals surface area contributed by atoms with Crippen LogP contribution in [0.2, 0.25) is 0 Å². The van der Waals surface area contributed by atoms with Crippen LogP contribution in [0.5, 0.6) is 0 Å². The summed E-state index contributed by atoms with van der Waals surface area (Å²) >= 11 is 4.92. The molecule has 0 saturated heterocycles. The lowest BCUT2D eigenvalue weighted by atomic mass is 10.3. The van der Waals surface area contributed by atoms with E-state index in [0.29, 0.717) is 4.77 Å². The lowest BCUT2D eigenvalue weighted by Gasteiger charge is -1.90. The normalized spacial score (nSPS) is 10.9. The minimum Gasteiger partial charge on any atom is -0.264 e. The highest BCUT2D eigenvalue weighted by molar-refractivity contribution is 7.71. The maximum atomic E-state index is 4.92. The summed E-state index contributed by atoms with van der Waals surface area (Å²) in [6, 6.07) is 3.75. The van der Waals surface area contributed by atoms with Crippen LogP contribution in [0.25, 0.3) is 0 Å². The number of hydrogen-bond donors (Lipinski definition) is 1. The monoisotopic (exact) mass is 205 g/mol. The van der Waals surface area contributed by atoms with Crippen molar-refractivity contribution >= 4 is 18.4 Å². The van der Waals surface area contributed by atoms with Crippen molar-refractivity contribution in [1.29, 1.82) is 0 Å². The number of aromatic amines is 1. The third-order valence-electron chi connectivity index (χ3n) is 1.55. The maximum Gasteiger partial charge on any atom is 0.216 e. The van der Waals surface area contributed by atoms with Gasteiger partial charge in [0.1, 0.15) is 6.33 Å². The SMILES string of the molecule is S=c1[nH]ncn1N=Cc1cccnc1. The Morgan fingerprint density at radius 3 is 3.14 bits per heavy atom. The van der Waals surface area contributed by atoms with Crippen LogP contribution < -0.4 is 0 Å². The Morgan fingerprint density at radius 1 is 1.57 bits per heavy atom. The van der Waals surface area contributed by atoms with Gasteiger partial charge in [0, 0.05) is 18.0 Å². The Labute approximate surface area is 85.1 Å². The highest BCUT2D eigenvalue weighted by atomic mass is 32.1. The second-order valence-electron chi connectivity index (χ2n) is 2.54. The van der Waals surface area contributed by atoms with Gasteiger partial charge < -0.3 is 0 Å². The van der Waals surface area contributed by atoms with Gasteiger partial charge in [-0.3, -0.25) is 10.1 Å². The number of hydrogen-bond acceptors (Lipinski definition) is 4. The van der Waals surface area contributed by atoms with Crippen LogP contribution in [0.3, 0.4) is 0 Å². The van der Waals surface area contributed by atoms with E-state index < -0.39 is 0 Å². The first-order valence-corrected chi connectivity index (χ1v) is 4.33. The summed E-state index contributed by atoms with van der Waals surface area (Å²) < 4.78 is 1.94. The average molecular weight is 205 g/mol. The van der Waals surface area contributed by atoms with Gasteiger partial charge >= 0.3 is 0 Å². The zero-order valence-corrected chi connectivity index (χ0v) is 7.98. The van der Waals surface area contributed by atoms with Gasteiger partial charge in [-0.25, -0.2) is 0 Å². The first kappa shape index (κ1) is 8.76. The summed E-state index contributed by atoms with van der Waals surface area (Å²) in [6.07, 6.45) is 6.60. The van der Waals surface area contributed by atoms with E-state index in [4.69, 9.17) is 12.2 Å².